The van der Waals surface area contributed by atoms with E-state index in [1.54, 1.807) is 0 Å². The van der Waals surface area contributed by atoms with Crippen molar-refractivity contribution >= 4 is 16.6 Å². The Morgan fingerprint density at radius 3 is 2.58 bits per heavy atom. The van der Waals surface area contributed by atoms with Gasteiger partial charge in [0.25, 0.3) is 0 Å². The van der Waals surface area contributed by atoms with Crippen molar-refractivity contribution in [1.82, 2.24) is 45.1 Å². The summed E-state index contributed by atoms with van der Waals surface area (Å²) in [5.41, 5.74) is 4.01. The van der Waals surface area contributed by atoms with Crippen molar-refractivity contribution < 1.29 is 0 Å². The number of para-hydroxylation sites is 1. The summed E-state index contributed by atoms with van der Waals surface area (Å²) in [6.45, 7) is 11.5. The van der Waals surface area contributed by atoms with Gasteiger partial charge >= 0.3 is 0 Å². The van der Waals surface area contributed by atoms with Crippen LogP contribution in [0.1, 0.15) is 82.8 Å². The molecular weight excluding hydrogens is 414 g/mol. The molecule has 1 aliphatic carbocycles. The summed E-state index contributed by atoms with van der Waals surface area (Å²) in [5.74, 6) is 0.934. The minimum Gasteiger partial charge on any atom is -0.286 e. The number of aryl methyl sites for hydroxylation is 1. The van der Waals surface area contributed by atoms with E-state index in [1.807, 2.05) is 9.20 Å². The highest BCUT2D eigenvalue weighted by atomic mass is 15.6. The number of pyridine rings is 1. The Morgan fingerprint density at radius 1 is 1.09 bits per heavy atom. The number of nitrogens with zero attached hydrogens (tertiary/aromatic N) is 9. The lowest BCUT2D eigenvalue weighted by Crippen LogP contribution is -2.39. The molecule has 0 saturated heterocycles. The second kappa shape index (κ2) is 8.44. The van der Waals surface area contributed by atoms with Gasteiger partial charge in [-0.2, -0.15) is 4.52 Å². The van der Waals surface area contributed by atoms with Crippen LogP contribution in [0.3, 0.4) is 0 Å². The largest absolute Gasteiger partial charge is 0.286 e. The van der Waals surface area contributed by atoms with Crippen LogP contribution in [-0.4, -0.2) is 51.2 Å². The van der Waals surface area contributed by atoms with Crippen LogP contribution < -0.4 is 0 Å². The Balaban J connectivity index is 1.62. The van der Waals surface area contributed by atoms with Crippen molar-refractivity contribution in [3.63, 3.8) is 0 Å². The van der Waals surface area contributed by atoms with Gasteiger partial charge in [-0.05, 0) is 79.4 Å². The molecular formula is C24H33N9. The van der Waals surface area contributed by atoms with E-state index in [1.165, 1.54) is 31.2 Å². The molecule has 0 spiro atoms. The number of hydrogen-bond donors (Lipinski definition) is 0. The quantitative estimate of drug-likeness (QED) is 0.437. The zero-order valence-electron chi connectivity index (χ0n) is 20.2. The average molecular weight is 448 g/mol. The molecule has 3 aromatic heterocycles. The maximum atomic E-state index is 4.52. The van der Waals surface area contributed by atoms with E-state index in [9.17, 15) is 0 Å². The fraction of sp³-hybridized carbons (Fsp3) is 0.583. The van der Waals surface area contributed by atoms with Gasteiger partial charge in [0.2, 0.25) is 0 Å². The van der Waals surface area contributed by atoms with Gasteiger partial charge in [-0.15, -0.1) is 10.2 Å². The number of benzene rings is 1. The summed E-state index contributed by atoms with van der Waals surface area (Å²) in [5, 5.41) is 26.9. The van der Waals surface area contributed by atoms with Crippen LogP contribution in [-0.2, 0) is 12.1 Å². The third kappa shape index (κ3) is 3.88. The standard InChI is InChI=1S/C24H33N9/c1-6-20(23-26-28-30-33(23)24(3,4)5)31(19-12-7-8-13-19)15-18-14-17-11-9-10-16(2)21(17)32-22(18)25-27-29-32/h9-11,14,19-20H,6-8,12-13,15H2,1-5H3. The molecule has 1 aromatic carbocycles. The fourth-order valence-corrected chi connectivity index (χ4v) is 5.37. The van der Waals surface area contributed by atoms with Crippen molar-refractivity contribution in [3.8, 4) is 0 Å². The van der Waals surface area contributed by atoms with E-state index in [4.69, 9.17) is 0 Å². The second-order valence-corrected chi connectivity index (χ2v) is 10.3. The Morgan fingerprint density at radius 2 is 1.85 bits per heavy atom. The lowest BCUT2D eigenvalue weighted by Gasteiger charge is -2.36. The lowest BCUT2D eigenvalue weighted by atomic mass is 10.0. The summed E-state index contributed by atoms with van der Waals surface area (Å²) < 4.78 is 3.88. The van der Waals surface area contributed by atoms with E-state index >= 15 is 0 Å². The number of rotatable bonds is 6. The van der Waals surface area contributed by atoms with Crippen LogP contribution in [0.5, 0.6) is 0 Å². The molecule has 4 aromatic rings. The molecule has 0 aliphatic heterocycles. The first kappa shape index (κ1) is 21.9. The van der Waals surface area contributed by atoms with Crippen molar-refractivity contribution in [2.75, 3.05) is 0 Å². The average Bonchev–Trinajstić information content (AvgIpc) is 3.54. The summed E-state index contributed by atoms with van der Waals surface area (Å²) in [6, 6.07) is 9.21. The molecule has 1 fully saturated rings. The predicted octanol–water partition coefficient (Wildman–Crippen LogP) is 4.22. The molecule has 1 atom stereocenters. The molecule has 33 heavy (non-hydrogen) atoms. The summed E-state index contributed by atoms with van der Waals surface area (Å²) in [7, 11) is 0. The molecule has 1 saturated carbocycles. The molecule has 0 bridgehead atoms. The Hall–Kier alpha value is -2.94. The number of aromatic nitrogens is 8. The zero-order valence-corrected chi connectivity index (χ0v) is 20.2. The molecule has 174 valence electrons. The first-order valence-corrected chi connectivity index (χ1v) is 12.0. The highest BCUT2D eigenvalue weighted by molar-refractivity contribution is 5.85. The topological polar surface area (TPSA) is 89.9 Å². The third-order valence-electron chi connectivity index (χ3n) is 6.93. The summed E-state index contributed by atoms with van der Waals surface area (Å²) in [6.07, 6.45) is 5.85. The third-order valence-corrected chi connectivity index (χ3v) is 6.93. The number of hydrogen-bond acceptors (Lipinski definition) is 7. The van der Waals surface area contributed by atoms with E-state index in [0.29, 0.717) is 6.04 Å². The van der Waals surface area contributed by atoms with Crippen molar-refractivity contribution in [3.05, 3.63) is 41.2 Å². The van der Waals surface area contributed by atoms with E-state index in [-0.39, 0.29) is 11.6 Å². The summed E-state index contributed by atoms with van der Waals surface area (Å²) >= 11 is 0. The van der Waals surface area contributed by atoms with Gasteiger partial charge in [0.05, 0.1) is 17.1 Å². The van der Waals surface area contributed by atoms with Gasteiger partial charge in [-0.3, -0.25) is 4.90 Å². The fourth-order valence-electron chi connectivity index (χ4n) is 5.37. The van der Waals surface area contributed by atoms with Crippen LogP contribution in [0.25, 0.3) is 16.6 Å². The lowest BCUT2D eigenvalue weighted by molar-refractivity contribution is 0.108. The van der Waals surface area contributed by atoms with E-state index in [0.717, 1.165) is 40.9 Å². The van der Waals surface area contributed by atoms with Crippen LogP contribution in [0.15, 0.2) is 24.3 Å². The maximum absolute atomic E-state index is 4.52. The first-order chi connectivity index (χ1) is 15.9. The highest BCUT2D eigenvalue weighted by Crippen LogP contribution is 2.35. The van der Waals surface area contributed by atoms with Gasteiger partial charge in [0.15, 0.2) is 11.5 Å². The zero-order chi connectivity index (χ0) is 23.2. The molecule has 1 aliphatic rings. The SMILES string of the molecule is CCC(c1nnnn1C(C)(C)C)N(Cc1cc2cccc(C)c2n2nnnc12)C1CCCC1. The summed E-state index contributed by atoms with van der Waals surface area (Å²) in [4.78, 5) is 2.60. The van der Waals surface area contributed by atoms with Gasteiger partial charge in [-0.1, -0.05) is 38.0 Å². The van der Waals surface area contributed by atoms with Crippen LogP contribution in [0, 0.1) is 6.92 Å². The Kier molecular flexibility index (Phi) is 5.60. The number of fused-ring (bicyclic) bond motifs is 3. The van der Waals surface area contributed by atoms with Crippen LogP contribution in [0.2, 0.25) is 0 Å². The van der Waals surface area contributed by atoms with Gasteiger partial charge in [0, 0.05) is 23.5 Å². The highest BCUT2D eigenvalue weighted by Gasteiger charge is 2.34. The van der Waals surface area contributed by atoms with Crippen LogP contribution in [0.4, 0.5) is 0 Å². The Labute approximate surface area is 194 Å². The predicted molar refractivity (Wildman–Crippen MR) is 127 cm³/mol. The molecule has 5 rings (SSSR count). The maximum Gasteiger partial charge on any atom is 0.184 e. The van der Waals surface area contributed by atoms with E-state index < -0.39 is 0 Å². The van der Waals surface area contributed by atoms with Gasteiger partial charge in [0.1, 0.15) is 0 Å². The molecule has 9 nitrogen and oxygen atoms in total. The van der Waals surface area contributed by atoms with Gasteiger partial charge < -0.3 is 0 Å². The monoisotopic (exact) mass is 447 g/mol. The minimum atomic E-state index is -0.182. The second-order valence-electron chi connectivity index (χ2n) is 10.3. The molecule has 1 unspecified atom stereocenters. The first-order valence-electron chi connectivity index (χ1n) is 12.0. The van der Waals surface area contributed by atoms with Crippen molar-refractivity contribution in [1.29, 1.82) is 0 Å². The molecule has 3 heterocycles. The molecule has 0 N–H and O–H groups in total. The normalized spacial score (nSPS) is 16.4. The molecule has 0 radical (unpaired) electrons. The van der Waals surface area contributed by atoms with E-state index in [2.05, 4.69) is 94.8 Å². The Bertz CT molecular complexity index is 1260. The number of tetrazole rings is 2. The minimum absolute atomic E-state index is 0.117. The molecule has 9 heteroatoms. The van der Waals surface area contributed by atoms with Crippen molar-refractivity contribution in [2.45, 2.75) is 90.9 Å². The smallest absolute Gasteiger partial charge is 0.184 e. The molecule has 0 amide bonds. The van der Waals surface area contributed by atoms with Gasteiger partial charge in [-0.25, -0.2) is 4.68 Å². The van der Waals surface area contributed by atoms with Crippen molar-refractivity contribution in [2.24, 2.45) is 0 Å². The van der Waals surface area contributed by atoms with Crippen LogP contribution >= 0.6 is 0 Å².